The van der Waals surface area contributed by atoms with Crippen molar-refractivity contribution in [1.82, 2.24) is 15.4 Å². The Morgan fingerprint density at radius 2 is 2.18 bits per heavy atom. The van der Waals surface area contributed by atoms with Gasteiger partial charge in [-0.3, -0.25) is 5.10 Å². The summed E-state index contributed by atoms with van der Waals surface area (Å²) in [4.78, 5) is 0. The van der Waals surface area contributed by atoms with Crippen LogP contribution >= 0.6 is 0 Å². The molecule has 17 heavy (non-hydrogen) atoms. The van der Waals surface area contributed by atoms with Crippen molar-refractivity contribution in [2.75, 3.05) is 0 Å². The minimum atomic E-state index is 0.833. The van der Waals surface area contributed by atoms with Crippen LogP contribution in [0.15, 0.2) is 30.5 Å². The molecule has 0 bridgehead atoms. The smallest absolute Gasteiger partial charge is 0.0824 e. The standard InChI is InChI=1S/C9H14.C5H9N3/c1-2-6-9-7-4-3-5-8-9;1-2-3-5-4-6-8-7-5/h3-5,7,9H,2,6,8H2,1H3;4H,2-3H2,1H3,(H,6,7,8). The molecule has 0 aromatic carbocycles. The van der Waals surface area contributed by atoms with E-state index in [4.69, 9.17) is 0 Å². The Kier molecular flexibility index (Phi) is 7.03. The quantitative estimate of drug-likeness (QED) is 0.862. The van der Waals surface area contributed by atoms with E-state index < -0.39 is 0 Å². The fourth-order valence-electron chi connectivity index (χ4n) is 1.82. The van der Waals surface area contributed by atoms with E-state index in [1.54, 1.807) is 0 Å². The van der Waals surface area contributed by atoms with Gasteiger partial charge >= 0.3 is 0 Å². The lowest BCUT2D eigenvalue weighted by molar-refractivity contribution is 0.584. The maximum absolute atomic E-state index is 3.80. The monoisotopic (exact) mass is 233 g/mol. The van der Waals surface area contributed by atoms with Crippen LogP contribution in [0.1, 0.15) is 45.2 Å². The molecule has 1 N–H and O–H groups in total. The third-order valence-electron chi connectivity index (χ3n) is 2.70. The zero-order valence-electron chi connectivity index (χ0n) is 10.9. The molecule has 1 unspecified atom stereocenters. The predicted molar refractivity (Wildman–Crippen MR) is 71.7 cm³/mol. The molecule has 1 atom stereocenters. The first-order valence-corrected chi connectivity index (χ1v) is 6.55. The average molecular weight is 233 g/mol. The molecule has 1 aliphatic rings. The van der Waals surface area contributed by atoms with Crippen LogP contribution in [-0.2, 0) is 6.42 Å². The number of aryl methyl sites for hydroxylation is 1. The molecule has 0 saturated carbocycles. The highest BCUT2D eigenvalue weighted by molar-refractivity contribution is 5.10. The van der Waals surface area contributed by atoms with Crippen molar-refractivity contribution < 1.29 is 0 Å². The molecule has 0 spiro atoms. The Balaban J connectivity index is 0.000000171. The Morgan fingerprint density at radius 1 is 1.29 bits per heavy atom. The van der Waals surface area contributed by atoms with Crippen LogP contribution in [0, 0.1) is 5.92 Å². The van der Waals surface area contributed by atoms with Gasteiger partial charge in [-0.05, 0) is 25.2 Å². The average Bonchev–Trinajstić information content (AvgIpc) is 2.85. The predicted octanol–water partition coefficient (Wildman–Crippen LogP) is 3.68. The maximum atomic E-state index is 3.80. The van der Waals surface area contributed by atoms with Crippen molar-refractivity contribution in [2.24, 2.45) is 5.92 Å². The third-order valence-corrected chi connectivity index (χ3v) is 2.70. The number of rotatable bonds is 4. The zero-order valence-corrected chi connectivity index (χ0v) is 10.9. The first kappa shape index (κ1) is 13.7. The molecule has 1 aromatic rings. The Labute approximate surface area is 104 Å². The van der Waals surface area contributed by atoms with E-state index in [0.29, 0.717) is 0 Å². The first-order chi connectivity index (χ1) is 8.36. The normalized spacial score (nSPS) is 17.6. The lowest BCUT2D eigenvalue weighted by Gasteiger charge is -2.09. The Bertz CT molecular complexity index is 325. The van der Waals surface area contributed by atoms with Crippen LogP contribution in [0.25, 0.3) is 0 Å². The lowest BCUT2D eigenvalue weighted by atomic mass is 9.96. The molecule has 0 radical (unpaired) electrons. The van der Waals surface area contributed by atoms with Crippen molar-refractivity contribution >= 4 is 0 Å². The van der Waals surface area contributed by atoms with Crippen molar-refractivity contribution in [3.8, 4) is 0 Å². The highest BCUT2D eigenvalue weighted by Crippen LogP contribution is 2.16. The van der Waals surface area contributed by atoms with Gasteiger partial charge in [-0.2, -0.15) is 0 Å². The lowest BCUT2D eigenvalue weighted by Crippen LogP contribution is -1.95. The van der Waals surface area contributed by atoms with Gasteiger partial charge in [-0.15, -0.1) is 5.10 Å². The summed E-state index contributed by atoms with van der Waals surface area (Å²) >= 11 is 0. The molecular weight excluding hydrogens is 210 g/mol. The molecule has 0 fully saturated rings. The van der Waals surface area contributed by atoms with E-state index in [9.17, 15) is 0 Å². The molecule has 0 aliphatic heterocycles. The summed E-state index contributed by atoms with van der Waals surface area (Å²) in [5, 5.41) is 10.0. The second kappa shape index (κ2) is 8.74. The zero-order chi connectivity index (χ0) is 12.3. The second-order valence-electron chi connectivity index (χ2n) is 4.31. The molecule has 94 valence electrons. The molecule has 1 aliphatic carbocycles. The van der Waals surface area contributed by atoms with E-state index in [-0.39, 0.29) is 0 Å². The van der Waals surface area contributed by atoms with E-state index in [1.807, 2.05) is 6.20 Å². The molecular formula is C14H23N3. The number of H-pyrrole nitrogens is 1. The van der Waals surface area contributed by atoms with Crippen LogP contribution < -0.4 is 0 Å². The Hall–Kier alpha value is -1.38. The Morgan fingerprint density at radius 3 is 2.71 bits per heavy atom. The van der Waals surface area contributed by atoms with Crippen molar-refractivity contribution in [3.63, 3.8) is 0 Å². The maximum Gasteiger partial charge on any atom is 0.0824 e. The summed E-state index contributed by atoms with van der Waals surface area (Å²) in [6.45, 7) is 4.36. The number of hydrogen-bond acceptors (Lipinski definition) is 2. The van der Waals surface area contributed by atoms with Crippen molar-refractivity contribution in [2.45, 2.75) is 46.0 Å². The number of nitrogens with zero attached hydrogens (tertiary/aromatic N) is 2. The highest BCUT2D eigenvalue weighted by atomic mass is 15.3. The topological polar surface area (TPSA) is 41.6 Å². The molecule has 1 heterocycles. The fraction of sp³-hybridized carbons (Fsp3) is 0.571. The molecule has 3 nitrogen and oxygen atoms in total. The second-order valence-corrected chi connectivity index (χ2v) is 4.31. The van der Waals surface area contributed by atoms with E-state index in [0.717, 1.165) is 24.5 Å². The molecule has 3 heteroatoms. The summed E-state index contributed by atoms with van der Waals surface area (Å²) in [5.41, 5.74) is 1.05. The fourth-order valence-corrected chi connectivity index (χ4v) is 1.82. The summed E-state index contributed by atoms with van der Waals surface area (Å²) in [6.07, 6.45) is 16.7. The number of aromatic amines is 1. The molecule has 0 amide bonds. The SMILES string of the molecule is CCCC1C=CC=CC1.CCCc1c[nH]nn1. The summed E-state index contributed by atoms with van der Waals surface area (Å²) in [6, 6.07) is 0. The number of allylic oxidation sites excluding steroid dienone is 4. The van der Waals surface area contributed by atoms with Gasteiger partial charge < -0.3 is 0 Å². The summed E-state index contributed by atoms with van der Waals surface area (Å²) in [7, 11) is 0. The number of hydrogen-bond donors (Lipinski definition) is 1. The van der Waals surface area contributed by atoms with Crippen LogP contribution in [0.3, 0.4) is 0 Å². The van der Waals surface area contributed by atoms with Crippen LogP contribution in [-0.4, -0.2) is 15.4 Å². The minimum absolute atomic E-state index is 0.833. The summed E-state index contributed by atoms with van der Waals surface area (Å²) in [5.74, 6) is 0.833. The van der Waals surface area contributed by atoms with Gasteiger partial charge in [0.25, 0.3) is 0 Å². The summed E-state index contributed by atoms with van der Waals surface area (Å²) < 4.78 is 0. The van der Waals surface area contributed by atoms with Gasteiger partial charge in [0.15, 0.2) is 0 Å². The first-order valence-electron chi connectivity index (χ1n) is 6.55. The van der Waals surface area contributed by atoms with E-state index >= 15 is 0 Å². The molecule has 1 aromatic heterocycles. The number of nitrogens with one attached hydrogen (secondary N) is 1. The van der Waals surface area contributed by atoms with Crippen molar-refractivity contribution in [3.05, 3.63) is 36.2 Å². The van der Waals surface area contributed by atoms with Gasteiger partial charge in [0.2, 0.25) is 0 Å². The van der Waals surface area contributed by atoms with Crippen LogP contribution in [0.4, 0.5) is 0 Å². The molecule has 2 rings (SSSR count). The van der Waals surface area contributed by atoms with Crippen LogP contribution in [0.5, 0.6) is 0 Å². The highest BCUT2D eigenvalue weighted by Gasteiger charge is 2.01. The van der Waals surface area contributed by atoms with Gasteiger partial charge in [-0.1, -0.05) is 56.2 Å². The van der Waals surface area contributed by atoms with Gasteiger partial charge in [0.1, 0.15) is 0 Å². The largest absolute Gasteiger partial charge is 0.265 e. The van der Waals surface area contributed by atoms with Gasteiger partial charge in [0.05, 0.1) is 5.69 Å². The van der Waals surface area contributed by atoms with Gasteiger partial charge in [-0.25, -0.2) is 0 Å². The van der Waals surface area contributed by atoms with Crippen LogP contribution in [0.2, 0.25) is 0 Å². The van der Waals surface area contributed by atoms with Gasteiger partial charge in [0, 0.05) is 6.20 Å². The molecule has 0 saturated heterocycles. The van der Waals surface area contributed by atoms with E-state index in [2.05, 4.69) is 53.6 Å². The third kappa shape index (κ3) is 6.05. The number of aromatic nitrogens is 3. The van der Waals surface area contributed by atoms with Crippen molar-refractivity contribution in [1.29, 1.82) is 0 Å². The van der Waals surface area contributed by atoms with E-state index in [1.165, 1.54) is 19.3 Å². The minimum Gasteiger partial charge on any atom is -0.265 e.